The largest absolute Gasteiger partial charge is 0.359 e. The molecule has 0 aliphatic heterocycles. The van der Waals surface area contributed by atoms with Crippen molar-refractivity contribution in [2.45, 2.75) is 0 Å². The van der Waals surface area contributed by atoms with Gasteiger partial charge < -0.3 is 9.47 Å². The van der Waals surface area contributed by atoms with Gasteiger partial charge >= 0.3 is 0 Å². The Morgan fingerprint density at radius 1 is 1.17 bits per heavy atom. The van der Waals surface area contributed by atoms with Crippen LogP contribution in [0.5, 0.6) is 0 Å². The molecular weight excluding hydrogens is 91.0 g/mol. The molecule has 0 atom stereocenters. The van der Waals surface area contributed by atoms with Crippen LogP contribution >= 0.6 is 0 Å². The maximum atomic E-state index is 4.47. The minimum Gasteiger partial charge on any atom is -0.359 e. The Morgan fingerprint density at radius 2 is 1.50 bits per heavy atom. The summed E-state index contributed by atoms with van der Waals surface area (Å²) in [5.74, 6) is 0. The molecule has 0 heterocycles. The number of hydrogen-bond donors (Lipinski definition) is 0. The van der Waals surface area contributed by atoms with Crippen molar-refractivity contribution in [3.63, 3.8) is 0 Å². The fourth-order valence-corrected chi connectivity index (χ4v) is 0.118. The Bertz CT molecular complexity index is 16.3. The Balaban J connectivity index is 0. The molecule has 1 radical (unpaired) electrons. The van der Waals surface area contributed by atoms with Crippen molar-refractivity contribution in [3.8, 4) is 0 Å². The first-order chi connectivity index (χ1) is 2.41. The maximum absolute atomic E-state index is 4.47. The average Bonchev–Trinajstić information content (AvgIpc) is 1.41. The van der Waals surface area contributed by atoms with E-state index in [-0.39, 0.29) is 29.6 Å². The summed E-state index contributed by atoms with van der Waals surface area (Å²) in [6.07, 6.45) is 0. The fourth-order valence-electron chi connectivity index (χ4n) is 0.118. The molecule has 0 aromatic rings. The molecule has 33 valence electrons. The third-order valence-electron chi connectivity index (χ3n) is 0.236. The van der Waals surface area contributed by atoms with E-state index < -0.39 is 0 Å². The molecule has 0 saturated carbocycles. The van der Waals surface area contributed by atoms with Gasteiger partial charge in [-0.15, -0.1) is 0 Å². The van der Waals surface area contributed by atoms with Crippen molar-refractivity contribution in [2.24, 2.45) is 0 Å². The first-order valence-corrected chi connectivity index (χ1v) is 1.39. The average molecular weight is 99.1 g/mol. The smallest absolute Gasteiger partial charge is 0.145 e. The van der Waals surface area contributed by atoms with Crippen LogP contribution in [-0.4, -0.2) is 50.6 Å². The third-order valence-corrected chi connectivity index (χ3v) is 0.236. The van der Waals surface area contributed by atoms with Crippen molar-refractivity contribution in [1.82, 2.24) is 0 Å². The summed E-state index contributed by atoms with van der Waals surface area (Å²) >= 11 is 0. The summed E-state index contributed by atoms with van der Waals surface area (Å²) in [4.78, 5) is 0. The van der Waals surface area contributed by atoms with Crippen molar-refractivity contribution in [3.05, 3.63) is 0 Å². The molecule has 0 spiro atoms. The van der Waals surface area contributed by atoms with Crippen LogP contribution in [0.2, 0.25) is 0 Å². The Morgan fingerprint density at radius 3 is 1.50 bits per heavy atom. The Kier molecular flexibility index (Phi) is 15.6. The number of ether oxygens (including phenoxy) is 2. The molecule has 0 N–H and O–H groups in total. The molecule has 0 aliphatic carbocycles. The molecule has 0 aromatic carbocycles. The van der Waals surface area contributed by atoms with Crippen LogP contribution in [0.1, 0.15) is 0 Å². The van der Waals surface area contributed by atoms with Crippen LogP contribution < -0.4 is 0 Å². The van der Waals surface area contributed by atoms with E-state index in [1.807, 2.05) is 0 Å². The Labute approximate surface area is 60.1 Å². The van der Waals surface area contributed by atoms with Gasteiger partial charge in [-0.2, -0.15) is 0 Å². The van der Waals surface area contributed by atoms with Crippen LogP contribution in [-0.2, 0) is 9.47 Å². The zero-order chi connectivity index (χ0) is 4.12. The molecule has 0 unspecified atom stereocenters. The summed E-state index contributed by atoms with van der Waals surface area (Å²) in [6, 6.07) is 0. The Hall–Kier alpha value is 0.920. The van der Waals surface area contributed by atoms with E-state index in [4.69, 9.17) is 0 Å². The molecule has 0 amide bonds. The van der Waals surface area contributed by atoms with Crippen LogP contribution in [0.3, 0.4) is 0 Å². The van der Waals surface area contributed by atoms with Crippen LogP contribution in [0.15, 0.2) is 0 Å². The van der Waals surface area contributed by atoms with Gasteiger partial charge in [0.2, 0.25) is 0 Å². The van der Waals surface area contributed by atoms with Gasteiger partial charge in [0.25, 0.3) is 0 Å². The molecular formula is C3H8NaO2. The monoisotopic (exact) mass is 99.0 g/mol. The van der Waals surface area contributed by atoms with Gasteiger partial charge in [-0.25, -0.2) is 0 Å². The summed E-state index contributed by atoms with van der Waals surface area (Å²) in [7, 11) is 3.17. The van der Waals surface area contributed by atoms with E-state index in [0.29, 0.717) is 6.79 Å². The van der Waals surface area contributed by atoms with E-state index in [9.17, 15) is 0 Å². The first-order valence-electron chi connectivity index (χ1n) is 1.39. The van der Waals surface area contributed by atoms with Crippen molar-refractivity contribution in [2.75, 3.05) is 21.0 Å². The van der Waals surface area contributed by atoms with Crippen LogP contribution in [0, 0.1) is 0 Å². The summed E-state index contributed by atoms with van der Waals surface area (Å²) in [6.45, 7) is 0.389. The zero-order valence-corrected chi connectivity index (χ0v) is 6.52. The van der Waals surface area contributed by atoms with Gasteiger partial charge in [-0.1, -0.05) is 0 Å². The molecule has 0 fully saturated rings. The standard InChI is InChI=1S/C3H8O2.Na/c1-4-3-5-2;/h3H2,1-2H3;. The first kappa shape index (κ1) is 10.0. The molecule has 0 aliphatic rings. The van der Waals surface area contributed by atoms with E-state index in [1.165, 1.54) is 0 Å². The fraction of sp³-hybridized carbons (Fsp3) is 1.00. The van der Waals surface area contributed by atoms with Crippen LogP contribution in [0.4, 0.5) is 0 Å². The predicted molar refractivity (Wildman–Crippen MR) is 24.6 cm³/mol. The van der Waals surface area contributed by atoms with E-state index in [1.54, 1.807) is 14.2 Å². The second-order valence-electron chi connectivity index (χ2n) is 0.695. The van der Waals surface area contributed by atoms with E-state index in [2.05, 4.69) is 9.47 Å². The number of methoxy groups -OCH3 is 2. The van der Waals surface area contributed by atoms with E-state index >= 15 is 0 Å². The molecule has 0 saturated heterocycles. The normalized spacial score (nSPS) is 7.00. The van der Waals surface area contributed by atoms with Gasteiger partial charge in [-0.3, -0.25) is 0 Å². The summed E-state index contributed by atoms with van der Waals surface area (Å²) in [5.41, 5.74) is 0. The maximum Gasteiger partial charge on any atom is 0.145 e. The second kappa shape index (κ2) is 9.33. The number of rotatable bonds is 2. The zero-order valence-electron chi connectivity index (χ0n) is 4.52. The van der Waals surface area contributed by atoms with Gasteiger partial charge in [0.15, 0.2) is 0 Å². The molecule has 0 rings (SSSR count). The molecule has 0 bridgehead atoms. The SMILES string of the molecule is COCOC.[Na]. The van der Waals surface area contributed by atoms with Crippen molar-refractivity contribution < 1.29 is 9.47 Å². The van der Waals surface area contributed by atoms with Gasteiger partial charge in [0.1, 0.15) is 6.79 Å². The molecule has 0 aromatic heterocycles. The predicted octanol–water partition coefficient (Wildman–Crippen LogP) is -0.144. The van der Waals surface area contributed by atoms with Crippen molar-refractivity contribution >= 4 is 29.6 Å². The van der Waals surface area contributed by atoms with E-state index in [0.717, 1.165) is 0 Å². The minimum absolute atomic E-state index is 0. The summed E-state index contributed by atoms with van der Waals surface area (Å²) < 4.78 is 8.94. The molecule has 3 heteroatoms. The second-order valence-corrected chi connectivity index (χ2v) is 0.695. The van der Waals surface area contributed by atoms with Crippen LogP contribution in [0.25, 0.3) is 0 Å². The van der Waals surface area contributed by atoms with Gasteiger partial charge in [-0.05, 0) is 0 Å². The third kappa shape index (κ3) is 8.87. The van der Waals surface area contributed by atoms with Crippen molar-refractivity contribution in [1.29, 1.82) is 0 Å². The van der Waals surface area contributed by atoms with Gasteiger partial charge in [0.05, 0.1) is 0 Å². The number of hydrogen-bond acceptors (Lipinski definition) is 2. The molecule has 2 nitrogen and oxygen atoms in total. The topological polar surface area (TPSA) is 18.5 Å². The quantitative estimate of drug-likeness (QED) is 0.354. The molecule has 6 heavy (non-hydrogen) atoms. The van der Waals surface area contributed by atoms with Gasteiger partial charge in [0, 0.05) is 43.8 Å². The minimum atomic E-state index is 0. The summed E-state index contributed by atoms with van der Waals surface area (Å²) in [5, 5.41) is 0.